The van der Waals surface area contributed by atoms with Gasteiger partial charge < -0.3 is 0 Å². The van der Waals surface area contributed by atoms with Crippen molar-refractivity contribution in [3.63, 3.8) is 0 Å². The Balaban J connectivity index is 1.81. The standard InChI is InChI=1S/C21H19N3O3S3/c1-3-9-23-18(26)15(17(25)22-20(23)28)11-13-5-7-14(8-6-13)12-16-19(27)24(10-4-2)21(29)30-16/h3,5-8,11-12H,1,4,9-10H2,2H3,(H,22,25,28). The average Bonchev–Trinajstić information content (AvgIpc) is 2.97. The molecule has 1 aromatic carbocycles. The van der Waals surface area contributed by atoms with Gasteiger partial charge in [-0.1, -0.05) is 61.2 Å². The molecule has 6 nitrogen and oxygen atoms in total. The third-order valence-corrected chi connectivity index (χ3v) is 6.06. The zero-order valence-electron chi connectivity index (χ0n) is 16.2. The molecule has 3 rings (SSSR count). The summed E-state index contributed by atoms with van der Waals surface area (Å²) in [5, 5.41) is 2.58. The van der Waals surface area contributed by atoms with Crippen molar-refractivity contribution in [3.05, 3.63) is 58.5 Å². The van der Waals surface area contributed by atoms with Gasteiger partial charge in [0.2, 0.25) is 0 Å². The number of carbonyl (C=O) groups excluding carboxylic acids is 3. The average molecular weight is 458 g/mol. The van der Waals surface area contributed by atoms with E-state index in [-0.39, 0.29) is 23.1 Å². The predicted octanol–water partition coefficient (Wildman–Crippen LogP) is 3.11. The highest BCUT2D eigenvalue weighted by molar-refractivity contribution is 8.26. The Morgan fingerprint density at radius 1 is 1.03 bits per heavy atom. The lowest BCUT2D eigenvalue weighted by atomic mass is 10.1. The van der Waals surface area contributed by atoms with E-state index in [4.69, 9.17) is 24.4 Å². The van der Waals surface area contributed by atoms with Crippen molar-refractivity contribution in [3.8, 4) is 0 Å². The summed E-state index contributed by atoms with van der Waals surface area (Å²) >= 11 is 11.6. The van der Waals surface area contributed by atoms with Crippen molar-refractivity contribution in [2.24, 2.45) is 0 Å². The first kappa shape index (κ1) is 22.1. The van der Waals surface area contributed by atoms with Crippen molar-refractivity contribution in [2.45, 2.75) is 13.3 Å². The summed E-state index contributed by atoms with van der Waals surface area (Å²) in [4.78, 5) is 40.7. The van der Waals surface area contributed by atoms with Crippen LogP contribution >= 0.6 is 36.2 Å². The van der Waals surface area contributed by atoms with Crippen LogP contribution in [0.4, 0.5) is 0 Å². The summed E-state index contributed by atoms with van der Waals surface area (Å²) in [5.41, 5.74) is 1.50. The predicted molar refractivity (Wildman–Crippen MR) is 127 cm³/mol. The van der Waals surface area contributed by atoms with Gasteiger partial charge in [0.1, 0.15) is 9.89 Å². The first-order valence-corrected chi connectivity index (χ1v) is 10.8. The third kappa shape index (κ3) is 4.58. The van der Waals surface area contributed by atoms with Crippen molar-refractivity contribution >= 4 is 75.5 Å². The molecule has 0 saturated carbocycles. The maximum Gasteiger partial charge on any atom is 0.266 e. The largest absolute Gasteiger partial charge is 0.298 e. The molecular weight excluding hydrogens is 438 g/mol. The molecule has 2 aliphatic heterocycles. The Morgan fingerprint density at radius 3 is 2.27 bits per heavy atom. The van der Waals surface area contributed by atoms with E-state index < -0.39 is 11.8 Å². The summed E-state index contributed by atoms with van der Waals surface area (Å²) in [6.45, 7) is 6.42. The topological polar surface area (TPSA) is 69.7 Å². The summed E-state index contributed by atoms with van der Waals surface area (Å²) < 4.78 is 0.568. The number of carbonyl (C=O) groups is 3. The smallest absolute Gasteiger partial charge is 0.266 e. The summed E-state index contributed by atoms with van der Waals surface area (Å²) in [7, 11) is 0. The van der Waals surface area contributed by atoms with Gasteiger partial charge in [-0.3, -0.25) is 29.5 Å². The van der Waals surface area contributed by atoms with Gasteiger partial charge in [0.15, 0.2) is 5.11 Å². The molecule has 0 aliphatic carbocycles. The SMILES string of the molecule is C=CCN1C(=O)C(=Cc2ccc(C=C3SC(=S)N(CCC)C3=O)cc2)C(=O)NC1=S. The molecule has 154 valence electrons. The monoisotopic (exact) mass is 457 g/mol. The Kier molecular flexibility index (Phi) is 6.96. The van der Waals surface area contributed by atoms with Gasteiger partial charge in [-0.25, -0.2) is 0 Å². The van der Waals surface area contributed by atoms with Gasteiger partial charge in [-0.2, -0.15) is 0 Å². The maximum absolute atomic E-state index is 12.6. The van der Waals surface area contributed by atoms with Gasteiger partial charge in [0.05, 0.1) is 4.91 Å². The Labute approximate surface area is 189 Å². The van der Waals surface area contributed by atoms with Crippen LogP contribution in [0.25, 0.3) is 12.2 Å². The molecule has 2 saturated heterocycles. The summed E-state index contributed by atoms with van der Waals surface area (Å²) in [6, 6.07) is 7.18. The van der Waals surface area contributed by atoms with Gasteiger partial charge in [0.25, 0.3) is 17.7 Å². The fourth-order valence-electron chi connectivity index (χ4n) is 2.91. The fraction of sp³-hybridized carbons (Fsp3) is 0.190. The van der Waals surface area contributed by atoms with Crippen LogP contribution < -0.4 is 5.32 Å². The van der Waals surface area contributed by atoms with Crippen LogP contribution in [0.15, 0.2) is 47.4 Å². The second-order valence-corrected chi connectivity index (χ2v) is 8.58. The van der Waals surface area contributed by atoms with E-state index in [0.717, 1.165) is 12.0 Å². The van der Waals surface area contributed by atoms with Crippen molar-refractivity contribution < 1.29 is 14.4 Å². The number of thioether (sulfide) groups is 1. The Hall–Kier alpha value is -2.62. The molecule has 0 atom stereocenters. The van der Waals surface area contributed by atoms with Gasteiger partial charge in [-0.15, -0.1) is 6.58 Å². The van der Waals surface area contributed by atoms with Gasteiger partial charge in [0, 0.05) is 13.1 Å². The third-order valence-electron chi connectivity index (χ3n) is 4.36. The molecule has 3 amide bonds. The van der Waals surface area contributed by atoms with Crippen LogP contribution in [0.5, 0.6) is 0 Å². The van der Waals surface area contributed by atoms with Crippen LogP contribution in [0, 0.1) is 0 Å². The highest BCUT2D eigenvalue weighted by atomic mass is 32.2. The first-order chi connectivity index (χ1) is 14.3. The molecular formula is C21H19N3O3S3. The number of thiocarbonyl (C=S) groups is 2. The molecule has 9 heteroatoms. The van der Waals surface area contributed by atoms with Crippen LogP contribution in [0.3, 0.4) is 0 Å². The highest BCUT2D eigenvalue weighted by Crippen LogP contribution is 2.32. The number of amides is 3. The normalized spacial score (nSPS) is 19.8. The number of hydrogen-bond donors (Lipinski definition) is 1. The lowest BCUT2D eigenvalue weighted by molar-refractivity contribution is -0.128. The molecule has 2 aliphatic rings. The molecule has 0 unspecified atom stereocenters. The highest BCUT2D eigenvalue weighted by Gasteiger charge is 2.33. The maximum atomic E-state index is 12.6. The van der Waals surface area contributed by atoms with E-state index in [2.05, 4.69) is 11.9 Å². The lowest BCUT2D eigenvalue weighted by Gasteiger charge is -2.27. The molecule has 0 radical (unpaired) electrons. The second kappa shape index (κ2) is 9.46. The minimum Gasteiger partial charge on any atom is -0.298 e. The van der Waals surface area contributed by atoms with E-state index >= 15 is 0 Å². The Morgan fingerprint density at radius 2 is 1.67 bits per heavy atom. The fourth-order valence-corrected chi connectivity index (χ4v) is 4.47. The molecule has 30 heavy (non-hydrogen) atoms. The van der Waals surface area contributed by atoms with Crippen molar-refractivity contribution in [2.75, 3.05) is 13.1 Å². The number of rotatable bonds is 6. The minimum atomic E-state index is -0.533. The van der Waals surface area contributed by atoms with Gasteiger partial charge in [-0.05, 0) is 41.9 Å². The van der Waals surface area contributed by atoms with E-state index in [1.54, 1.807) is 23.1 Å². The van der Waals surface area contributed by atoms with Crippen molar-refractivity contribution in [1.29, 1.82) is 0 Å². The number of nitrogens with zero attached hydrogens (tertiary/aromatic N) is 2. The quantitative estimate of drug-likeness (QED) is 0.306. The summed E-state index contributed by atoms with van der Waals surface area (Å²) in [6.07, 6.45) is 5.68. The van der Waals surface area contributed by atoms with E-state index in [0.29, 0.717) is 21.3 Å². The Bertz CT molecular complexity index is 1010. The van der Waals surface area contributed by atoms with Crippen LogP contribution in [-0.2, 0) is 14.4 Å². The molecule has 0 bridgehead atoms. The van der Waals surface area contributed by atoms with Gasteiger partial charge >= 0.3 is 0 Å². The molecule has 0 spiro atoms. The van der Waals surface area contributed by atoms with E-state index in [9.17, 15) is 14.4 Å². The van der Waals surface area contributed by atoms with Crippen LogP contribution in [0.2, 0.25) is 0 Å². The zero-order chi connectivity index (χ0) is 21.8. The molecule has 2 heterocycles. The number of benzene rings is 1. The molecule has 1 N–H and O–H groups in total. The van der Waals surface area contributed by atoms with Crippen LogP contribution in [-0.4, -0.2) is 50.0 Å². The number of hydrogen-bond acceptors (Lipinski definition) is 6. The molecule has 2 fully saturated rings. The summed E-state index contributed by atoms with van der Waals surface area (Å²) in [5.74, 6) is -1.08. The van der Waals surface area contributed by atoms with E-state index in [1.807, 2.05) is 19.1 Å². The molecule has 1 aromatic rings. The first-order valence-electron chi connectivity index (χ1n) is 9.21. The van der Waals surface area contributed by atoms with Crippen molar-refractivity contribution in [1.82, 2.24) is 15.1 Å². The number of nitrogens with one attached hydrogen (secondary N) is 1. The zero-order valence-corrected chi connectivity index (χ0v) is 18.7. The minimum absolute atomic E-state index is 0.00126. The van der Waals surface area contributed by atoms with Crippen LogP contribution in [0.1, 0.15) is 24.5 Å². The second-order valence-electron chi connectivity index (χ2n) is 6.52. The molecule has 0 aromatic heterocycles. The lowest BCUT2D eigenvalue weighted by Crippen LogP contribution is -2.53. The van der Waals surface area contributed by atoms with E-state index in [1.165, 1.54) is 28.8 Å².